The van der Waals surface area contributed by atoms with Gasteiger partial charge in [-0.15, -0.1) is 0 Å². The van der Waals surface area contributed by atoms with E-state index in [-0.39, 0.29) is 18.3 Å². The van der Waals surface area contributed by atoms with Crippen LogP contribution in [0.2, 0.25) is 10.0 Å². The van der Waals surface area contributed by atoms with Crippen molar-refractivity contribution in [2.75, 3.05) is 0 Å². The molecule has 4 nitrogen and oxygen atoms in total. The number of hydrogen-bond donors (Lipinski definition) is 2. The number of carbonyl (C=O) groups is 1. The molecule has 0 saturated heterocycles. The van der Waals surface area contributed by atoms with Gasteiger partial charge < -0.3 is 5.73 Å². The molecule has 7 heteroatoms. The molecule has 3 N–H and O–H groups in total. The van der Waals surface area contributed by atoms with Crippen LogP contribution >= 0.6 is 32.6 Å². The molecule has 1 aromatic rings. The zero-order chi connectivity index (χ0) is 12.1. The normalized spacial score (nSPS) is 11.3. The van der Waals surface area contributed by atoms with Crippen LogP contribution in [0.1, 0.15) is 5.56 Å². The highest BCUT2D eigenvalue weighted by Gasteiger charge is 2.11. The summed E-state index contributed by atoms with van der Waals surface area (Å²) in [5.74, 6) is -0.295. The Morgan fingerprint density at radius 1 is 1.44 bits per heavy atom. The first-order chi connectivity index (χ1) is 7.54. The molecular weight excluding hydrogens is 268 g/mol. The topological polar surface area (TPSA) is 67.5 Å². The number of guanidine groups is 1. The Morgan fingerprint density at radius 2 is 2.00 bits per heavy atom. The van der Waals surface area contributed by atoms with Crippen LogP contribution in [0.25, 0.3) is 0 Å². The quantitative estimate of drug-likeness (QED) is 0.491. The molecule has 0 saturated carbocycles. The molecule has 1 atom stereocenters. The van der Waals surface area contributed by atoms with Crippen LogP contribution in [0.3, 0.4) is 0 Å². The van der Waals surface area contributed by atoms with E-state index in [1.165, 1.54) is 0 Å². The number of halogens is 2. The van der Waals surface area contributed by atoms with Crippen molar-refractivity contribution in [1.29, 1.82) is 0 Å². The van der Waals surface area contributed by atoms with Crippen molar-refractivity contribution in [3.05, 3.63) is 33.8 Å². The Morgan fingerprint density at radius 3 is 2.50 bits per heavy atom. The fraction of sp³-hybridized carbons (Fsp3) is 0.111. The smallest absolute Gasteiger partial charge is 0.231 e. The van der Waals surface area contributed by atoms with Gasteiger partial charge in [0.25, 0.3) is 0 Å². The Kier molecular flexibility index (Phi) is 5.00. The maximum absolute atomic E-state index is 11.5. The van der Waals surface area contributed by atoms with E-state index >= 15 is 0 Å². The molecule has 0 radical (unpaired) electrons. The van der Waals surface area contributed by atoms with Gasteiger partial charge in [0, 0.05) is 10.0 Å². The lowest BCUT2D eigenvalue weighted by atomic mass is 10.1. The lowest BCUT2D eigenvalue weighted by molar-refractivity contribution is -0.119. The minimum Gasteiger partial charge on any atom is -0.369 e. The summed E-state index contributed by atoms with van der Waals surface area (Å²) in [5, 5.41) is 3.28. The molecule has 0 aromatic heterocycles. The third-order valence-electron chi connectivity index (χ3n) is 1.81. The number of hydrogen-bond acceptors (Lipinski definition) is 2. The number of nitrogens with two attached hydrogens (primary N) is 1. The summed E-state index contributed by atoms with van der Waals surface area (Å²) in [5.41, 5.74) is 5.90. The molecule has 16 heavy (non-hydrogen) atoms. The summed E-state index contributed by atoms with van der Waals surface area (Å²) >= 11 is 11.8. The largest absolute Gasteiger partial charge is 0.369 e. The van der Waals surface area contributed by atoms with Crippen molar-refractivity contribution in [3.8, 4) is 0 Å². The van der Waals surface area contributed by atoms with Crippen LogP contribution < -0.4 is 11.1 Å². The number of amides is 1. The van der Waals surface area contributed by atoms with Crippen LogP contribution in [-0.4, -0.2) is 11.9 Å². The first kappa shape index (κ1) is 13.2. The van der Waals surface area contributed by atoms with Gasteiger partial charge in [-0.25, -0.2) is 4.76 Å². The van der Waals surface area contributed by atoms with E-state index in [0.717, 1.165) is 0 Å². The fourth-order valence-electron chi connectivity index (χ4n) is 1.08. The van der Waals surface area contributed by atoms with E-state index in [9.17, 15) is 4.79 Å². The van der Waals surface area contributed by atoms with Crippen LogP contribution in [0.15, 0.2) is 23.0 Å². The van der Waals surface area contributed by atoms with E-state index < -0.39 is 0 Å². The van der Waals surface area contributed by atoms with Crippen LogP contribution in [0, 0.1) is 0 Å². The molecule has 0 aliphatic rings. The highest BCUT2D eigenvalue weighted by molar-refractivity contribution is 7.15. The summed E-state index contributed by atoms with van der Waals surface area (Å²) in [4.78, 5) is 11.5. The Hall–Kier alpha value is -0.830. The molecule has 0 bridgehead atoms. The highest BCUT2D eigenvalue weighted by atomic mass is 35.5. The molecular formula is C9H10Cl2N3OP. The molecule has 0 spiro atoms. The monoisotopic (exact) mass is 277 g/mol. The molecule has 1 rings (SSSR count). The number of benzene rings is 1. The number of nitrogens with one attached hydrogen (secondary N) is 1. The van der Waals surface area contributed by atoms with Gasteiger partial charge in [0.1, 0.15) is 0 Å². The van der Waals surface area contributed by atoms with Crippen LogP contribution in [-0.2, 0) is 11.2 Å². The molecule has 0 aliphatic carbocycles. The van der Waals surface area contributed by atoms with Gasteiger partial charge in [0.15, 0.2) is 5.96 Å². The van der Waals surface area contributed by atoms with Gasteiger partial charge in [-0.1, -0.05) is 29.3 Å². The number of nitrogens with zero attached hydrogens (tertiary/aromatic N) is 1. The third kappa shape index (κ3) is 3.63. The lowest BCUT2D eigenvalue weighted by Gasteiger charge is -2.07. The Bertz CT molecular complexity index is 417. The highest BCUT2D eigenvalue weighted by Crippen LogP contribution is 2.24. The van der Waals surface area contributed by atoms with Crippen LogP contribution in [0.4, 0.5) is 0 Å². The van der Waals surface area contributed by atoms with Crippen molar-refractivity contribution < 1.29 is 4.79 Å². The van der Waals surface area contributed by atoms with Gasteiger partial charge in [0.05, 0.1) is 6.42 Å². The molecule has 0 fully saturated rings. The lowest BCUT2D eigenvalue weighted by Crippen LogP contribution is -2.37. The average Bonchev–Trinajstić information content (AvgIpc) is 2.23. The van der Waals surface area contributed by atoms with Gasteiger partial charge in [-0.3, -0.25) is 10.1 Å². The minimum atomic E-state index is -0.321. The number of rotatable bonds is 2. The van der Waals surface area contributed by atoms with E-state index in [4.69, 9.17) is 28.9 Å². The van der Waals surface area contributed by atoms with E-state index in [0.29, 0.717) is 15.6 Å². The second-order valence-electron chi connectivity index (χ2n) is 2.94. The Labute approximate surface area is 105 Å². The van der Waals surface area contributed by atoms with Gasteiger partial charge in [-0.2, -0.15) is 0 Å². The third-order valence-corrected chi connectivity index (χ3v) is 2.79. The van der Waals surface area contributed by atoms with Crippen molar-refractivity contribution in [3.63, 3.8) is 0 Å². The van der Waals surface area contributed by atoms with Crippen molar-refractivity contribution in [2.45, 2.75) is 6.42 Å². The SMILES string of the molecule is N/C(=N\P)NC(=O)Cc1c(Cl)cccc1Cl. The van der Waals surface area contributed by atoms with E-state index in [2.05, 4.69) is 10.1 Å². The van der Waals surface area contributed by atoms with Crippen molar-refractivity contribution >= 4 is 44.5 Å². The molecule has 1 unspecified atom stereocenters. The maximum Gasteiger partial charge on any atom is 0.231 e. The van der Waals surface area contributed by atoms with Gasteiger partial charge in [0.2, 0.25) is 5.91 Å². The predicted molar refractivity (Wildman–Crippen MR) is 69.6 cm³/mol. The second kappa shape index (κ2) is 6.04. The van der Waals surface area contributed by atoms with Gasteiger partial charge in [-0.05, 0) is 27.1 Å². The zero-order valence-electron chi connectivity index (χ0n) is 8.21. The van der Waals surface area contributed by atoms with Crippen molar-refractivity contribution in [1.82, 2.24) is 5.32 Å². The minimum absolute atomic E-state index is 0.0261. The second-order valence-corrected chi connectivity index (χ2v) is 4.01. The first-order valence-electron chi connectivity index (χ1n) is 4.30. The van der Waals surface area contributed by atoms with E-state index in [1.807, 2.05) is 9.39 Å². The summed E-state index contributed by atoms with van der Waals surface area (Å²) in [7, 11) is 2.05. The summed E-state index contributed by atoms with van der Waals surface area (Å²) < 4.78 is 3.53. The average molecular weight is 278 g/mol. The Balaban J connectivity index is 2.77. The standard InChI is InChI=1S/C9H10Cl2N3OP/c10-6-2-1-3-7(11)5(6)4-8(15)13-9(12)14-16/h1-3H,4,16H2,(H3,12,13,14,15). The zero-order valence-corrected chi connectivity index (χ0v) is 10.9. The maximum atomic E-state index is 11.5. The fourth-order valence-corrected chi connectivity index (χ4v) is 1.68. The van der Waals surface area contributed by atoms with E-state index in [1.54, 1.807) is 18.2 Å². The summed E-state index contributed by atoms with van der Waals surface area (Å²) in [6.45, 7) is 0. The predicted octanol–water partition coefficient (Wildman–Crippen LogP) is 1.76. The molecule has 0 heterocycles. The van der Waals surface area contributed by atoms with Crippen LogP contribution in [0.5, 0.6) is 0 Å². The molecule has 1 aromatic carbocycles. The molecule has 1 amide bonds. The molecule has 86 valence electrons. The first-order valence-corrected chi connectivity index (χ1v) is 5.58. The van der Waals surface area contributed by atoms with Gasteiger partial charge >= 0.3 is 0 Å². The summed E-state index contributed by atoms with van der Waals surface area (Å²) in [6, 6.07) is 5.05. The van der Waals surface area contributed by atoms with Crippen molar-refractivity contribution in [2.24, 2.45) is 10.5 Å². The summed E-state index contributed by atoms with van der Waals surface area (Å²) in [6.07, 6.45) is 0.0550. The molecule has 0 aliphatic heterocycles. The number of carbonyl (C=O) groups excluding carboxylic acids is 1.